The first-order valence-corrected chi connectivity index (χ1v) is 8.44. The van der Waals surface area contributed by atoms with Gasteiger partial charge in [-0.25, -0.2) is 8.42 Å². The van der Waals surface area contributed by atoms with Crippen molar-refractivity contribution in [2.75, 3.05) is 5.73 Å². The van der Waals surface area contributed by atoms with E-state index in [1.54, 1.807) is 6.07 Å². The average molecular weight is 318 g/mol. The molecule has 0 bridgehead atoms. The van der Waals surface area contributed by atoms with Gasteiger partial charge in [0, 0.05) is 16.4 Å². The lowest BCUT2D eigenvalue weighted by Crippen LogP contribution is -2.41. The van der Waals surface area contributed by atoms with Crippen molar-refractivity contribution in [1.82, 2.24) is 0 Å². The summed E-state index contributed by atoms with van der Waals surface area (Å²) in [5, 5.41) is 0. The molecule has 0 spiro atoms. The molecule has 1 fully saturated rings. The van der Waals surface area contributed by atoms with Crippen molar-refractivity contribution in [2.24, 2.45) is 0 Å². The normalized spacial score (nSPS) is 21.1. The Morgan fingerprint density at radius 1 is 1.10 bits per heavy atom. The second-order valence-electron chi connectivity index (χ2n) is 5.86. The minimum absolute atomic E-state index is 0.0659. The Morgan fingerprint density at radius 2 is 1.60 bits per heavy atom. The van der Waals surface area contributed by atoms with E-state index in [0.717, 1.165) is 0 Å². The van der Waals surface area contributed by atoms with E-state index in [4.69, 9.17) is 25.7 Å². The van der Waals surface area contributed by atoms with E-state index < -0.39 is 27.4 Å². The Morgan fingerprint density at radius 3 is 2.05 bits per heavy atom. The van der Waals surface area contributed by atoms with E-state index in [0.29, 0.717) is 5.46 Å². The van der Waals surface area contributed by atoms with Crippen LogP contribution in [0.25, 0.3) is 0 Å². The van der Waals surface area contributed by atoms with Crippen molar-refractivity contribution in [1.29, 1.82) is 0 Å². The van der Waals surface area contributed by atoms with Crippen LogP contribution in [-0.2, 0) is 18.4 Å². The Kier molecular flexibility index (Phi) is 3.62. The zero-order chi connectivity index (χ0) is 15.3. The standard InChI is InChI=1S/C12H17BClNO4S/c1-11(2)12(3,4)19-13(18-11)8-5-9(15)7-10(6-8)20(14,16)17/h5-7H,15H2,1-4H3. The molecule has 20 heavy (non-hydrogen) atoms. The zero-order valence-corrected chi connectivity index (χ0v) is 13.4. The number of anilines is 1. The van der Waals surface area contributed by atoms with Gasteiger partial charge in [-0.1, -0.05) is 0 Å². The van der Waals surface area contributed by atoms with Gasteiger partial charge in [-0.2, -0.15) is 0 Å². The summed E-state index contributed by atoms with van der Waals surface area (Å²) in [6, 6.07) is 4.34. The summed E-state index contributed by atoms with van der Waals surface area (Å²) >= 11 is 0. The lowest BCUT2D eigenvalue weighted by atomic mass is 9.79. The fourth-order valence-corrected chi connectivity index (χ4v) is 2.72. The Labute approximate surface area is 124 Å². The van der Waals surface area contributed by atoms with Gasteiger partial charge in [-0.3, -0.25) is 0 Å². The maximum absolute atomic E-state index is 11.4. The van der Waals surface area contributed by atoms with Crippen LogP contribution in [-0.4, -0.2) is 26.7 Å². The summed E-state index contributed by atoms with van der Waals surface area (Å²) in [5.74, 6) is 0. The summed E-state index contributed by atoms with van der Waals surface area (Å²) in [5.41, 5.74) is 5.52. The quantitative estimate of drug-likeness (QED) is 0.508. The molecule has 1 heterocycles. The third-order valence-electron chi connectivity index (χ3n) is 3.76. The molecule has 110 valence electrons. The summed E-state index contributed by atoms with van der Waals surface area (Å²) in [6.07, 6.45) is 0. The fraction of sp³-hybridized carbons (Fsp3) is 0.500. The first-order chi connectivity index (χ1) is 8.92. The first-order valence-electron chi connectivity index (χ1n) is 6.13. The summed E-state index contributed by atoms with van der Waals surface area (Å²) in [6.45, 7) is 7.66. The monoisotopic (exact) mass is 317 g/mol. The highest BCUT2D eigenvalue weighted by Crippen LogP contribution is 2.36. The molecule has 1 aromatic rings. The van der Waals surface area contributed by atoms with Gasteiger partial charge in [0.05, 0.1) is 16.1 Å². The van der Waals surface area contributed by atoms with Gasteiger partial charge in [0.1, 0.15) is 0 Å². The molecule has 1 aromatic carbocycles. The van der Waals surface area contributed by atoms with E-state index in [2.05, 4.69) is 0 Å². The molecule has 1 aliphatic rings. The molecule has 1 aliphatic heterocycles. The van der Waals surface area contributed by atoms with Crippen LogP contribution >= 0.6 is 10.7 Å². The molecule has 0 radical (unpaired) electrons. The van der Waals surface area contributed by atoms with Crippen LogP contribution < -0.4 is 11.2 Å². The molecule has 2 rings (SSSR count). The Hall–Kier alpha value is -0.755. The van der Waals surface area contributed by atoms with Crippen molar-refractivity contribution in [3.63, 3.8) is 0 Å². The van der Waals surface area contributed by atoms with Crippen LogP contribution in [0.4, 0.5) is 5.69 Å². The van der Waals surface area contributed by atoms with Crippen LogP contribution in [0.2, 0.25) is 0 Å². The molecule has 0 aliphatic carbocycles. The zero-order valence-electron chi connectivity index (χ0n) is 11.8. The maximum atomic E-state index is 11.4. The number of hydrogen-bond acceptors (Lipinski definition) is 5. The third kappa shape index (κ3) is 2.81. The van der Waals surface area contributed by atoms with Crippen molar-refractivity contribution in [2.45, 2.75) is 43.8 Å². The van der Waals surface area contributed by atoms with Crippen LogP contribution in [0, 0.1) is 0 Å². The van der Waals surface area contributed by atoms with Crippen molar-refractivity contribution in [3.05, 3.63) is 18.2 Å². The van der Waals surface area contributed by atoms with Crippen LogP contribution in [0.15, 0.2) is 23.1 Å². The predicted molar refractivity (Wildman–Crippen MR) is 79.6 cm³/mol. The highest BCUT2D eigenvalue weighted by Gasteiger charge is 2.51. The van der Waals surface area contributed by atoms with E-state index in [1.165, 1.54) is 12.1 Å². The minimum atomic E-state index is -3.85. The maximum Gasteiger partial charge on any atom is 0.494 e. The van der Waals surface area contributed by atoms with Gasteiger partial charge in [-0.05, 0) is 51.4 Å². The van der Waals surface area contributed by atoms with Crippen molar-refractivity contribution >= 4 is 38.0 Å². The van der Waals surface area contributed by atoms with E-state index in [1.807, 2.05) is 27.7 Å². The lowest BCUT2D eigenvalue weighted by Gasteiger charge is -2.32. The highest BCUT2D eigenvalue weighted by molar-refractivity contribution is 8.13. The number of rotatable bonds is 2. The largest absolute Gasteiger partial charge is 0.494 e. The van der Waals surface area contributed by atoms with Crippen molar-refractivity contribution in [3.8, 4) is 0 Å². The van der Waals surface area contributed by atoms with E-state index >= 15 is 0 Å². The predicted octanol–water partition coefficient (Wildman–Crippen LogP) is 1.50. The lowest BCUT2D eigenvalue weighted by molar-refractivity contribution is 0.00578. The molecule has 0 unspecified atom stereocenters. The van der Waals surface area contributed by atoms with Gasteiger partial charge in [0.2, 0.25) is 0 Å². The third-order valence-corrected chi connectivity index (χ3v) is 5.09. The summed E-state index contributed by atoms with van der Waals surface area (Å²) < 4.78 is 34.6. The smallest absolute Gasteiger partial charge is 0.399 e. The van der Waals surface area contributed by atoms with Gasteiger partial charge in [0.25, 0.3) is 9.05 Å². The molecule has 0 saturated carbocycles. The topological polar surface area (TPSA) is 78.6 Å². The highest BCUT2D eigenvalue weighted by atomic mass is 35.7. The van der Waals surface area contributed by atoms with Crippen LogP contribution in [0.1, 0.15) is 27.7 Å². The Bertz CT molecular complexity index is 629. The number of halogens is 1. The number of nitrogen functional groups attached to an aromatic ring is 1. The molecule has 1 saturated heterocycles. The van der Waals surface area contributed by atoms with E-state index in [-0.39, 0.29) is 10.6 Å². The second-order valence-corrected chi connectivity index (χ2v) is 8.43. The van der Waals surface area contributed by atoms with Gasteiger partial charge >= 0.3 is 7.12 Å². The number of hydrogen-bond donors (Lipinski definition) is 1. The van der Waals surface area contributed by atoms with Gasteiger partial charge < -0.3 is 15.0 Å². The second kappa shape index (κ2) is 4.63. The van der Waals surface area contributed by atoms with Crippen molar-refractivity contribution < 1.29 is 17.7 Å². The average Bonchev–Trinajstić information content (AvgIpc) is 2.46. The van der Waals surface area contributed by atoms with Gasteiger partial charge in [0.15, 0.2) is 0 Å². The van der Waals surface area contributed by atoms with E-state index in [9.17, 15) is 8.42 Å². The number of benzene rings is 1. The molecule has 0 atom stereocenters. The van der Waals surface area contributed by atoms with Crippen LogP contribution in [0.3, 0.4) is 0 Å². The minimum Gasteiger partial charge on any atom is -0.399 e. The molecule has 8 heteroatoms. The number of nitrogens with two attached hydrogens (primary N) is 1. The Balaban J connectivity index is 2.44. The summed E-state index contributed by atoms with van der Waals surface area (Å²) in [4.78, 5) is -0.0659. The van der Waals surface area contributed by atoms with Gasteiger partial charge in [-0.15, -0.1) is 0 Å². The fourth-order valence-electron chi connectivity index (χ4n) is 1.90. The molecule has 2 N–H and O–H groups in total. The molecule has 0 amide bonds. The summed E-state index contributed by atoms with van der Waals surface area (Å²) in [7, 11) is 0.823. The SMILES string of the molecule is CC1(C)OB(c2cc(N)cc(S(=O)(=O)Cl)c2)OC1(C)C. The molecule has 0 aromatic heterocycles. The molecular formula is C12H17BClNO4S. The molecule has 5 nitrogen and oxygen atoms in total. The van der Waals surface area contributed by atoms with Crippen LogP contribution in [0.5, 0.6) is 0 Å². The first kappa shape index (κ1) is 15.6. The molecular weight excluding hydrogens is 300 g/mol.